The lowest BCUT2D eigenvalue weighted by atomic mass is 10.1. The smallest absolute Gasteiger partial charge is 0.146 e. The van der Waals surface area contributed by atoms with Gasteiger partial charge in [-0.05, 0) is 36.1 Å². The second-order valence-electron chi connectivity index (χ2n) is 7.37. The van der Waals surface area contributed by atoms with Crippen molar-refractivity contribution in [2.45, 2.75) is 36.3 Å². The van der Waals surface area contributed by atoms with E-state index >= 15 is 0 Å². The number of nitrogens with one attached hydrogen (secondary N) is 1. The molecule has 2 aromatic carbocycles. The van der Waals surface area contributed by atoms with Crippen LogP contribution in [0, 0.1) is 5.82 Å². The highest BCUT2D eigenvalue weighted by Gasteiger charge is 2.19. The number of rotatable bonds is 7. The second-order valence-corrected chi connectivity index (χ2v) is 8.37. The van der Waals surface area contributed by atoms with Crippen LogP contribution < -0.4 is 10.2 Å². The molecule has 1 aromatic heterocycles. The van der Waals surface area contributed by atoms with Crippen molar-refractivity contribution >= 4 is 23.3 Å². The van der Waals surface area contributed by atoms with Crippen LogP contribution in [-0.4, -0.2) is 34.3 Å². The van der Waals surface area contributed by atoms with Gasteiger partial charge < -0.3 is 15.3 Å². The molecule has 2 heterocycles. The SMILES string of the molecule is OC1CCN(c2ccc(CNc3cncc(SCc4ccccc4)n3)cc2F)CC1. The summed E-state index contributed by atoms with van der Waals surface area (Å²) in [7, 11) is 0. The number of piperidine rings is 1. The summed E-state index contributed by atoms with van der Waals surface area (Å²) in [5, 5.41) is 13.7. The summed E-state index contributed by atoms with van der Waals surface area (Å²) in [5.74, 6) is 1.27. The maximum absolute atomic E-state index is 14.6. The number of anilines is 2. The lowest BCUT2D eigenvalue weighted by Gasteiger charge is -2.31. The van der Waals surface area contributed by atoms with Crippen LogP contribution in [0.4, 0.5) is 15.9 Å². The molecule has 0 unspecified atom stereocenters. The van der Waals surface area contributed by atoms with Gasteiger partial charge in [0.15, 0.2) is 0 Å². The standard InChI is InChI=1S/C23H25FN4OS/c24-20-12-18(6-7-21(20)28-10-8-19(29)9-11-28)13-26-22-14-25-15-23(27-22)30-16-17-4-2-1-3-5-17/h1-7,12,14-15,19,29H,8-11,13,16H2,(H,26,27). The average molecular weight is 425 g/mol. The summed E-state index contributed by atoms with van der Waals surface area (Å²) in [5.41, 5.74) is 2.68. The summed E-state index contributed by atoms with van der Waals surface area (Å²) in [6, 6.07) is 15.6. The Morgan fingerprint density at radius 3 is 2.63 bits per heavy atom. The molecule has 4 rings (SSSR count). The number of aliphatic hydroxyl groups excluding tert-OH is 1. The first-order chi connectivity index (χ1) is 14.7. The summed E-state index contributed by atoms with van der Waals surface area (Å²) in [6.45, 7) is 1.83. The predicted molar refractivity (Wildman–Crippen MR) is 119 cm³/mol. The van der Waals surface area contributed by atoms with Gasteiger partial charge in [0.2, 0.25) is 0 Å². The number of thioether (sulfide) groups is 1. The van der Waals surface area contributed by atoms with E-state index in [0.717, 1.165) is 16.3 Å². The highest BCUT2D eigenvalue weighted by Crippen LogP contribution is 2.25. The molecule has 0 bridgehead atoms. The Hall–Kier alpha value is -2.64. The van der Waals surface area contributed by atoms with Crippen molar-refractivity contribution in [2.75, 3.05) is 23.3 Å². The normalized spacial score (nSPS) is 14.7. The topological polar surface area (TPSA) is 61.3 Å². The Balaban J connectivity index is 1.33. The second kappa shape index (κ2) is 9.91. The van der Waals surface area contributed by atoms with Crippen LogP contribution in [0.3, 0.4) is 0 Å². The van der Waals surface area contributed by atoms with E-state index in [2.05, 4.69) is 27.4 Å². The van der Waals surface area contributed by atoms with Crippen LogP contribution in [-0.2, 0) is 12.3 Å². The lowest BCUT2D eigenvalue weighted by Crippen LogP contribution is -2.36. The van der Waals surface area contributed by atoms with Gasteiger partial charge in [0.25, 0.3) is 0 Å². The quantitative estimate of drug-likeness (QED) is 0.546. The largest absolute Gasteiger partial charge is 0.393 e. The van der Waals surface area contributed by atoms with Gasteiger partial charge in [-0.15, -0.1) is 11.8 Å². The number of nitrogens with zero attached hydrogens (tertiary/aromatic N) is 3. The van der Waals surface area contributed by atoms with E-state index in [0.29, 0.717) is 44.0 Å². The number of benzene rings is 2. The highest BCUT2D eigenvalue weighted by atomic mass is 32.2. The molecule has 5 nitrogen and oxygen atoms in total. The fourth-order valence-corrected chi connectivity index (χ4v) is 4.26. The molecule has 156 valence electrons. The monoisotopic (exact) mass is 424 g/mol. The van der Waals surface area contributed by atoms with Crippen molar-refractivity contribution in [3.63, 3.8) is 0 Å². The van der Waals surface area contributed by atoms with E-state index < -0.39 is 0 Å². The van der Waals surface area contributed by atoms with Crippen molar-refractivity contribution in [3.8, 4) is 0 Å². The maximum Gasteiger partial charge on any atom is 0.146 e. The first-order valence-electron chi connectivity index (χ1n) is 10.1. The molecule has 1 fully saturated rings. The zero-order chi connectivity index (χ0) is 20.8. The molecule has 1 aliphatic heterocycles. The van der Waals surface area contributed by atoms with Crippen molar-refractivity contribution in [2.24, 2.45) is 0 Å². The third-order valence-electron chi connectivity index (χ3n) is 5.13. The minimum Gasteiger partial charge on any atom is -0.393 e. The van der Waals surface area contributed by atoms with Gasteiger partial charge >= 0.3 is 0 Å². The zero-order valence-corrected chi connectivity index (χ0v) is 17.5. The van der Waals surface area contributed by atoms with Gasteiger partial charge in [-0.2, -0.15) is 0 Å². The van der Waals surface area contributed by atoms with Crippen LogP contribution in [0.2, 0.25) is 0 Å². The molecule has 1 saturated heterocycles. The highest BCUT2D eigenvalue weighted by molar-refractivity contribution is 7.98. The Kier molecular flexibility index (Phi) is 6.81. The molecule has 0 saturated carbocycles. The van der Waals surface area contributed by atoms with E-state index in [1.54, 1.807) is 30.2 Å². The molecule has 7 heteroatoms. The van der Waals surface area contributed by atoms with Crippen LogP contribution in [0.25, 0.3) is 0 Å². The third kappa shape index (κ3) is 5.49. The third-order valence-corrected chi connectivity index (χ3v) is 6.10. The van der Waals surface area contributed by atoms with Gasteiger partial charge in [0, 0.05) is 25.4 Å². The number of halogens is 1. The summed E-state index contributed by atoms with van der Waals surface area (Å²) in [6.07, 6.45) is 4.52. The molecule has 0 spiro atoms. The van der Waals surface area contributed by atoms with Crippen LogP contribution in [0.5, 0.6) is 0 Å². The minimum absolute atomic E-state index is 0.232. The maximum atomic E-state index is 14.6. The Morgan fingerprint density at radius 2 is 1.87 bits per heavy atom. The molecule has 0 atom stereocenters. The molecule has 3 aromatic rings. The molecular weight excluding hydrogens is 399 g/mol. The Morgan fingerprint density at radius 1 is 1.07 bits per heavy atom. The van der Waals surface area contributed by atoms with Crippen molar-refractivity contribution < 1.29 is 9.50 Å². The summed E-state index contributed by atoms with van der Waals surface area (Å²) >= 11 is 1.63. The molecule has 0 amide bonds. The Bertz CT molecular complexity index is 964. The van der Waals surface area contributed by atoms with E-state index in [1.165, 1.54) is 5.56 Å². The molecule has 1 aliphatic rings. The predicted octanol–water partition coefficient (Wildman–Crippen LogP) is 4.48. The summed E-state index contributed by atoms with van der Waals surface area (Å²) in [4.78, 5) is 10.8. The van der Waals surface area contributed by atoms with Crippen molar-refractivity contribution in [1.29, 1.82) is 0 Å². The average Bonchev–Trinajstić information content (AvgIpc) is 2.78. The first kappa shape index (κ1) is 20.6. The molecular formula is C23H25FN4OS. The van der Waals surface area contributed by atoms with Gasteiger partial charge in [0.1, 0.15) is 16.7 Å². The zero-order valence-electron chi connectivity index (χ0n) is 16.7. The van der Waals surface area contributed by atoms with Crippen LogP contribution >= 0.6 is 11.8 Å². The molecule has 0 aliphatic carbocycles. The molecule has 2 N–H and O–H groups in total. The lowest BCUT2D eigenvalue weighted by molar-refractivity contribution is 0.145. The van der Waals surface area contributed by atoms with E-state index in [9.17, 15) is 9.50 Å². The number of hydrogen-bond donors (Lipinski definition) is 2. The fraction of sp³-hybridized carbons (Fsp3) is 0.304. The van der Waals surface area contributed by atoms with Gasteiger partial charge in [-0.3, -0.25) is 4.98 Å². The van der Waals surface area contributed by atoms with Gasteiger partial charge in [-0.25, -0.2) is 9.37 Å². The number of hydrogen-bond acceptors (Lipinski definition) is 6. The molecule has 0 radical (unpaired) electrons. The van der Waals surface area contributed by atoms with Crippen molar-refractivity contribution in [1.82, 2.24) is 9.97 Å². The molecule has 30 heavy (non-hydrogen) atoms. The number of aromatic nitrogens is 2. The van der Waals surface area contributed by atoms with E-state index in [-0.39, 0.29) is 11.9 Å². The number of aliphatic hydroxyl groups is 1. The van der Waals surface area contributed by atoms with E-state index in [4.69, 9.17) is 0 Å². The van der Waals surface area contributed by atoms with Crippen molar-refractivity contribution in [3.05, 3.63) is 77.9 Å². The van der Waals surface area contributed by atoms with Crippen LogP contribution in [0.15, 0.2) is 66.0 Å². The Labute approximate surface area is 180 Å². The van der Waals surface area contributed by atoms with E-state index in [1.807, 2.05) is 35.2 Å². The van der Waals surface area contributed by atoms with Crippen LogP contribution in [0.1, 0.15) is 24.0 Å². The fourth-order valence-electron chi connectivity index (χ4n) is 3.45. The van der Waals surface area contributed by atoms with Gasteiger partial charge in [-0.1, -0.05) is 36.4 Å². The minimum atomic E-state index is -0.268. The van der Waals surface area contributed by atoms with Gasteiger partial charge in [0.05, 0.1) is 24.2 Å². The summed E-state index contributed by atoms with van der Waals surface area (Å²) < 4.78 is 14.6. The first-order valence-corrected chi connectivity index (χ1v) is 11.1.